The number of nitrogens with zero attached hydrogens (tertiary/aromatic N) is 5. The standard InChI is InChI=1S/C21H18F3N5O/c1-13(12-28-26-18-4-3-15(22)11-19(18)27-28)2-5-21(30)29-20(6-7-25-29)14-8-16(23)10-17(24)9-14/h3-4,7-11,20H,1-2,5-6,12H2. The highest BCUT2D eigenvalue weighted by molar-refractivity contribution is 5.80. The minimum absolute atomic E-state index is 0.125. The number of fused-ring (bicyclic) bond motifs is 1. The molecule has 1 atom stereocenters. The van der Waals surface area contributed by atoms with Gasteiger partial charge < -0.3 is 0 Å². The Hall–Kier alpha value is -3.49. The lowest BCUT2D eigenvalue weighted by atomic mass is 10.0. The Bertz CT molecular complexity index is 1140. The SMILES string of the molecule is C=C(CCC(=O)N1N=CCC1c1cc(F)cc(F)c1)Cn1nc2ccc(F)cc2n1. The molecular weight excluding hydrogens is 395 g/mol. The van der Waals surface area contributed by atoms with Crippen LogP contribution < -0.4 is 0 Å². The molecule has 0 spiro atoms. The molecule has 0 saturated carbocycles. The van der Waals surface area contributed by atoms with Crippen LogP contribution in [0.3, 0.4) is 0 Å². The second kappa shape index (κ2) is 8.10. The van der Waals surface area contributed by atoms with E-state index in [1.54, 1.807) is 12.3 Å². The zero-order chi connectivity index (χ0) is 21.3. The van der Waals surface area contributed by atoms with E-state index in [-0.39, 0.29) is 18.9 Å². The first-order chi connectivity index (χ1) is 14.4. The molecule has 0 fully saturated rings. The molecule has 1 aromatic heterocycles. The Morgan fingerprint density at radius 2 is 1.73 bits per heavy atom. The van der Waals surface area contributed by atoms with Crippen LogP contribution in [-0.4, -0.2) is 32.1 Å². The maximum atomic E-state index is 13.5. The van der Waals surface area contributed by atoms with Gasteiger partial charge in [-0.25, -0.2) is 18.2 Å². The summed E-state index contributed by atoms with van der Waals surface area (Å²) < 4.78 is 40.4. The van der Waals surface area contributed by atoms with E-state index in [0.29, 0.717) is 35.0 Å². The number of hydrogen-bond donors (Lipinski definition) is 0. The Balaban J connectivity index is 1.37. The molecule has 1 unspecified atom stereocenters. The van der Waals surface area contributed by atoms with Gasteiger partial charge in [0.25, 0.3) is 0 Å². The average Bonchev–Trinajstić information content (AvgIpc) is 3.31. The fourth-order valence-electron chi connectivity index (χ4n) is 3.38. The lowest BCUT2D eigenvalue weighted by molar-refractivity contribution is -0.133. The van der Waals surface area contributed by atoms with Gasteiger partial charge in [0.05, 0.1) is 12.6 Å². The first-order valence-electron chi connectivity index (χ1n) is 9.36. The van der Waals surface area contributed by atoms with Crippen molar-refractivity contribution in [3.63, 3.8) is 0 Å². The number of carbonyl (C=O) groups is 1. The summed E-state index contributed by atoms with van der Waals surface area (Å²) in [5.74, 6) is -2.06. The summed E-state index contributed by atoms with van der Waals surface area (Å²) in [7, 11) is 0. The summed E-state index contributed by atoms with van der Waals surface area (Å²) in [6, 6.07) is 6.82. The van der Waals surface area contributed by atoms with Gasteiger partial charge in [-0.05, 0) is 36.2 Å². The first kappa shape index (κ1) is 19.8. The Labute approximate surface area is 170 Å². The molecule has 9 heteroatoms. The van der Waals surface area contributed by atoms with Gasteiger partial charge in [-0.15, -0.1) is 0 Å². The molecule has 1 aliphatic rings. The third-order valence-electron chi connectivity index (χ3n) is 4.80. The van der Waals surface area contributed by atoms with E-state index in [9.17, 15) is 18.0 Å². The van der Waals surface area contributed by atoms with Crippen molar-refractivity contribution in [2.24, 2.45) is 5.10 Å². The van der Waals surface area contributed by atoms with Gasteiger partial charge in [-0.3, -0.25) is 4.79 Å². The maximum Gasteiger partial charge on any atom is 0.243 e. The van der Waals surface area contributed by atoms with Crippen molar-refractivity contribution in [3.8, 4) is 0 Å². The Morgan fingerprint density at radius 3 is 2.50 bits per heavy atom. The van der Waals surface area contributed by atoms with Gasteiger partial charge in [-0.2, -0.15) is 20.1 Å². The number of aromatic nitrogens is 3. The van der Waals surface area contributed by atoms with Crippen LogP contribution >= 0.6 is 0 Å². The van der Waals surface area contributed by atoms with Crippen LogP contribution in [0.4, 0.5) is 13.2 Å². The molecule has 3 aromatic rings. The zero-order valence-corrected chi connectivity index (χ0v) is 15.9. The van der Waals surface area contributed by atoms with Crippen molar-refractivity contribution in [1.29, 1.82) is 0 Å². The number of hydrazone groups is 1. The molecule has 0 radical (unpaired) electrons. The smallest absolute Gasteiger partial charge is 0.243 e. The number of halogens is 3. The number of hydrogen-bond acceptors (Lipinski definition) is 4. The molecule has 1 aliphatic heterocycles. The third kappa shape index (κ3) is 4.24. The lowest BCUT2D eigenvalue weighted by Crippen LogP contribution is -2.27. The molecule has 30 heavy (non-hydrogen) atoms. The zero-order valence-electron chi connectivity index (χ0n) is 15.9. The highest BCUT2D eigenvalue weighted by atomic mass is 19.1. The normalized spacial score (nSPS) is 15.8. The van der Waals surface area contributed by atoms with E-state index >= 15 is 0 Å². The maximum absolute atomic E-state index is 13.5. The predicted octanol–water partition coefficient (Wildman–Crippen LogP) is 4.14. The molecule has 0 aliphatic carbocycles. The summed E-state index contributed by atoms with van der Waals surface area (Å²) in [5, 5.41) is 13.8. The van der Waals surface area contributed by atoms with Crippen LogP contribution in [0.15, 0.2) is 53.7 Å². The summed E-state index contributed by atoms with van der Waals surface area (Å²) in [6.07, 6.45) is 2.43. The molecule has 0 N–H and O–H groups in total. The number of amides is 1. The minimum Gasteiger partial charge on any atom is -0.273 e. The minimum atomic E-state index is -0.698. The van der Waals surface area contributed by atoms with Crippen molar-refractivity contribution in [2.45, 2.75) is 31.8 Å². The van der Waals surface area contributed by atoms with E-state index in [1.165, 1.54) is 34.1 Å². The summed E-state index contributed by atoms with van der Waals surface area (Å²) in [5.41, 5.74) is 2.07. The van der Waals surface area contributed by atoms with Crippen LogP contribution in [0.2, 0.25) is 0 Å². The van der Waals surface area contributed by atoms with Crippen molar-refractivity contribution >= 4 is 23.2 Å². The quantitative estimate of drug-likeness (QED) is 0.571. The summed E-state index contributed by atoms with van der Waals surface area (Å²) >= 11 is 0. The van der Waals surface area contributed by atoms with Crippen molar-refractivity contribution in [3.05, 3.63) is 71.6 Å². The van der Waals surface area contributed by atoms with Crippen LogP contribution in [-0.2, 0) is 11.3 Å². The van der Waals surface area contributed by atoms with Gasteiger partial charge in [-0.1, -0.05) is 12.2 Å². The van der Waals surface area contributed by atoms with Gasteiger partial charge >= 0.3 is 0 Å². The number of allylic oxidation sites excluding steroid dienone is 1. The van der Waals surface area contributed by atoms with Gasteiger partial charge in [0.1, 0.15) is 28.5 Å². The topological polar surface area (TPSA) is 63.4 Å². The van der Waals surface area contributed by atoms with Crippen molar-refractivity contribution < 1.29 is 18.0 Å². The van der Waals surface area contributed by atoms with Crippen molar-refractivity contribution in [1.82, 2.24) is 20.0 Å². The molecule has 2 heterocycles. The van der Waals surface area contributed by atoms with Crippen LogP contribution in [0, 0.1) is 17.5 Å². The van der Waals surface area contributed by atoms with E-state index in [1.807, 2.05) is 0 Å². The summed E-state index contributed by atoms with van der Waals surface area (Å²) in [6.45, 7) is 4.24. The molecule has 0 bridgehead atoms. The number of rotatable bonds is 6. The third-order valence-corrected chi connectivity index (χ3v) is 4.80. The molecule has 6 nitrogen and oxygen atoms in total. The molecule has 154 valence electrons. The molecular formula is C21H18F3N5O. The van der Waals surface area contributed by atoms with Crippen LogP contribution in [0.5, 0.6) is 0 Å². The average molecular weight is 413 g/mol. The van der Waals surface area contributed by atoms with Crippen LogP contribution in [0.1, 0.15) is 30.9 Å². The fourth-order valence-corrected chi connectivity index (χ4v) is 3.38. The van der Waals surface area contributed by atoms with Crippen molar-refractivity contribution in [2.75, 3.05) is 0 Å². The monoisotopic (exact) mass is 413 g/mol. The number of carbonyl (C=O) groups excluding carboxylic acids is 1. The van der Waals surface area contributed by atoms with Gasteiger partial charge in [0.15, 0.2) is 0 Å². The Kier molecular flexibility index (Phi) is 5.35. The summed E-state index contributed by atoms with van der Waals surface area (Å²) in [4.78, 5) is 14.0. The predicted molar refractivity (Wildman–Crippen MR) is 105 cm³/mol. The van der Waals surface area contributed by atoms with E-state index < -0.39 is 23.5 Å². The highest BCUT2D eigenvalue weighted by Gasteiger charge is 2.28. The second-order valence-corrected chi connectivity index (χ2v) is 7.10. The van der Waals surface area contributed by atoms with Gasteiger partial charge in [0, 0.05) is 31.2 Å². The Morgan fingerprint density at radius 1 is 1.00 bits per heavy atom. The second-order valence-electron chi connectivity index (χ2n) is 7.10. The highest BCUT2D eigenvalue weighted by Crippen LogP contribution is 2.30. The van der Waals surface area contributed by atoms with Crippen LogP contribution in [0.25, 0.3) is 11.0 Å². The first-order valence-corrected chi connectivity index (χ1v) is 9.36. The molecule has 1 amide bonds. The van der Waals surface area contributed by atoms with Gasteiger partial charge in [0.2, 0.25) is 5.91 Å². The molecule has 2 aromatic carbocycles. The largest absolute Gasteiger partial charge is 0.273 e. The number of benzene rings is 2. The molecule has 4 rings (SSSR count). The van der Waals surface area contributed by atoms with E-state index in [2.05, 4.69) is 21.9 Å². The van der Waals surface area contributed by atoms with E-state index in [0.717, 1.165) is 6.07 Å². The molecule has 0 saturated heterocycles. The fraction of sp³-hybridized carbons (Fsp3) is 0.238. The van der Waals surface area contributed by atoms with E-state index in [4.69, 9.17) is 0 Å². The lowest BCUT2D eigenvalue weighted by Gasteiger charge is -2.22.